The van der Waals surface area contributed by atoms with Gasteiger partial charge < -0.3 is 16.0 Å². The number of nitrogens with one attached hydrogen (secondary N) is 3. The molecule has 134 valence electrons. The van der Waals surface area contributed by atoms with Crippen LogP contribution in [0, 0.1) is 0 Å². The maximum atomic E-state index is 12.3. The SMILES string of the molecule is C=C/C(=C\C=C(/C)Cl)NC(=O)C(=C)NC1CC(C)(C)NC(C)(C)C1. The zero-order chi connectivity index (χ0) is 18.5. The van der Waals surface area contributed by atoms with Crippen LogP contribution in [0.25, 0.3) is 0 Å². The fraction of sp³-hybridized carbons (Fsp3) is 0.526. The lowest BCUT2D eigenvalue weighted by atomic mass is 9.79. The summed E-state index contributed by atoms with van der Waals surface area (Å²) < 4.78 is 0. The van der Waals surface area contributed by atoms with Crippen molar-refractivity contribution in [3.05, 3.63) is 47.8 Å². The number of allylic oxidation sites excluding steroid dienone is 4. The van der Waals surface area contributed by atoms with Crippen molar-refractivity contribution in [3.8, 4) is 0 Å². The normalized spacial score (nSPS) is 21.1. The summed E-state index contributed by atoms with van der Waals surface area (Å²) in [6.45, 7) is 18.0. The summed E-state index contributed by atoms with van der Waals surface area (Å²) in [4.78, 5) is 12.3. The van der Waals surface area contributed by atoms with E-state index in [1.807, 2.05) is 0 Å². The molecule has 0 aromatic rings. The molecule has 1 saturated heterocycles. The van der Waals surface area contributed by atoms with Gasteiger partial charge in [-0.2, -0.15) is 0 Å². The molecule has 0 spiro atoms. The summed E-state index contributed by atoms with van der Waals surface area (Å²) >= 11 is 5.79. The Hall–Kier alpha value is -1.52. The second-order valence-corrected chi connectivity index (χ2v) is 8.25. The molecule has 1 heterocycles. The zero-order valence-corrected chi connectivity index (χ0v) is 16.2. The molecular formula is C19H30ClN3O. The smallest absolute Gasteiger partial charge is 0.271 e. The molecule has 1 amide bonds. The van der Waals surface area contributed by atoms with Crippen LogP contribution >= 0.6 is 11.6 Å². The topological polar surface area (TPSA) is 53.2 Å². The van der Waals surface area contributed by atoms with E-state index in [1.54, 1.807) is 25.2 Å². The molecule has 5 heteroatoms. The van der Waals surface area contributed by atoms with Gasteiger partial charge in [0.1, 0.15) is 0 Å². The van der Waals surface area contributed by atoms with Gasteiger partial charge >= 0.3 is 0 Å². The van der Waals surface area contributed by atoms with Crippen LogP contribution in [0.3, 0.4) is 0 Å². The third-order valence-electron chi connectivity index (χ3n) is 3.81. The molecule has 1 aliphatic heterocycles. The second kappa shape index (κ2) is 8.04. The van der Waals surface area contributed by atoms with E-state index in [-0.39, 0.29) is 23.0 Å². The fourth-order valence-corrected chi connectivity index (χ4v) is 3.37. The molecule has 0 aromatic carbocycles. The molecule has 1 rings (SSSR count). The number of halogens is 1. The van der Waals surface area contributed by atoms with Crippen molar-refractivity contribution in [1.82, 2.24) is 16.0 Å². The van der Waals surface area contributed by atoms with E-state index < -0.39 is 0 Å². The molecule has 0 bridgehead atoms. The van der Waals surface area contributed by atoms with E-state index in [0.717, 1.165) is 12.8 Å². The number of carbonyl (C=O) groups is 1. The average molecular weight is 352 g/mol. The largest absolute Gasteiger partial charge is 0.378 e. The van der Waals surface area contributed by atoms with Crippen LogP contribution in [-0.4, -0.2) is 23.0 Å². The van der Waals surface area contributed by atoms with Gasteiger partial charge in [-0.1, -0.05) is 24.8 Å². The van der Waals surface area contributed by atoms with Crippen LogP contribution in [0.15, 0.2) is 47.8 Å². The van der Waals surface area contributed by atoms with Crippen LogP contribution < -0.4 is 16.0 Å². The molecule has 3 N–H and O–H groups in total. The minimum atomic E-state index is -0.268. The van der Waals surface area contributed by atoms with Crippen molar-refractivity contribution in [2.75, 3.05) is 0 Å². The maximum absolute atomic E-state index is 12.3. The Morgan fingerprint density at radius 3 is 2.21 bits per heavy atom. The standard InChI is InChI=1S/C19H30ClN3O/c1-8-15(10-9-13(2)20)22-17(24)14(3)21-16-11-18(4,5)23-19(6,7)12-16/h8-10,16,21,23H,1,3,11-12H2,2,4-7H3,(H,22,24)/b13-9+,15-10+. The highest BCUT2D eigenvalue weighted by atomic mass is 35.5. The minimum Gasteiger partial charge on any atom is -0.378 e. The third-order valence-corrected chi connectivity index (χ3v) is 3.94. The van der Waals surface area contributed by atoms with Crippen molar-refractivity contribution < 1.29 is 4.79 Å². The van der Waals surface area contributed by atoms with Crippen molar-refractivity contribution in [1.29, 1.82) is 0 Å². The first-order chi connectivity index (χ1) is 10.9. The highest BCUT2D eigenvalue weighted by molar-refractivity contribution is 6.29. The van der Waals surface area contributed by atoms with Crippen molar-refractivity contribution in [3.63, 3.8) is 0 Å². The molecule has 1 fully saturated rings. The second-order valence-electron chi connectivity index (χ2n) is 7.65. The maximum Gasteiger partial charge on any atom is 0.271 e. The molecule has 0 radical (unpaired) electrons. The number of hydrogen-bond donors (Lipinski definition) is 3. The Bertz CT molecular complexity index is 553. The number of piperidine rings is 1. The third kappa shape index (κ3) is 6.93. The van der Waals surface area contributed by atoms with Crippen LogP contribution in [0.4, 0.5) is 0 Å². The molecule has 24 heavy (non-hydrogen) atoms. The molecule has 4 nitrogen and oxygen atoms in total. The molecule has 0 aromatic heterocycles. The lowest BCUT2D eigenvalue weighted by Crippen LogP contribution is -2.61. The van der Waals surface area contributed by atoms with E-state index in [0.29, 0.717) is 16.4 Å². The number of hydrogen-bond acceptors (Lipinski definition) is 3. The summed E-state index contributed by atoms with van der Waals surface area (Å²) in [5.41, 5.74) is 0.942. The Balaban J connectivity index is 2.70. The molecule has 1 aliphatic rings. The summed E-state index contributed by atoms with van der Waals surface area (Å²) in [6.07, 6.45) is 6.81. The van der Waals surface area contributed by atoms with Gasteiger partial charge in [0.2, 0.25) is 0 Å². The van der Waals surface area contributed by atoms with Crippen molar-refractivity contribution in [2.45, 2.75) is 64.6 Å². The van der Waals surface area contributed by atoms with Crippen molar-refractivity contribution in [2.24, 2.45) is 0 Å². The van der Waals surface area contributed by atoms with E-state index in [1.165, 1.54) is 0 Å². The van der Waals surface area contributed by atoms with E-state index >= 15 is 0 Å². The molecule has 0 unspecified atom stereocenters. The number of rotatable bonds is 6. The Labute approximate surface area is 151 Å². The van der Waals surface area contributed by atoms with Gasteiger partial charge in [0, 0.05) is 27.8 Å². The predicted molar refractivity (Wildman–Crippen MR) is 103 cm³/mol. The van der Waals surface area contributed by atoms with E-state index in [4.69, 9.17) is 11.6 Å². The van der Waals surface area contributed by atoms with Gasteiger partial charge in [-0.15, -0.1) is 0 Å². The van der Waals surface area contributed by atoms with Crippen molar-refractivity contribution >= 4 is 17.5 Å². The first-order valence-corrected chi connectivity index (χ1v) is 8.54. The summed E-state index contributed by atoms with van der Waals surface area (Å²) in [7, 11) is 0. The molecular weight excluding hydrogens is 322 g/mol. The molecule has 0 atom stereocenters. The highest BCUT2D eigenvalue weighted by Gasteiger charge is 2.37. The Morgan fingerprint density at radius 1 is 1.21 bits per heavy atom. The van der Waals surface area contributed by atoms with Gasteiger partial charge in [-0.25, -0.2) is 0 Å². The number of amides is 1. The summed E-state index contributed by atoms with van der Waals surface area (Å²) in [5, 5.41) is 10.3. The minimum absolute atomic E-state index is 0.00498. The van der Waals surface area contributed by atoms with Gasteiger partial charge in [0.05, 0.1) is 5.70 Å². The Morgan fingerprint density at radius 2 is 1.75 bits per heavy atom. The van der Waals surface area contributed by atoms with Crippen LogP contribution in [0.1, 0.15) is 47.5 Å². The Kier molecular flexibility index (Phi) is 6.87. The van der Waals surface area contributed by atoms with Crippen LogP contribution in [-0.2, 0) is 4.79 Å². The lowest BCUT2D eigenvalue weighted by molar-refractivity contribution is -0.117. The van der Waals surface area contributed by atoms with Gasteiger partial charge in [-0.05, 0) is 65.7 Å². The van der Waals surface area contributed by atoms with E-state index in [2.05, 4.69) is 56.8 Å². The fourth-order valence-electron chi connectivity index (χ4n) is 3.31. The first kappa shape index (κ1) is 20.5. The molecule has 0 aliphatic carbocycles. The van der Waals surface area contributed by atoms with Gasteiger partial charge in [-0.3, -0.25) is 4.79 Å². The predicted octanol–water partition coefficient (Wildman–Crippen LogP) is 3.73. The van der Waals surface area contributed by atoms with Crippen LogP contribution in [0.2, 0.25) is 0 Å². The summed E-state index contributed by atoms with van der Waals surface area (Å²) in [6, 6.07) is 0.190. The average Bonchev–Trinajstić information content (AvgIpc) is 2.39. The van der Waals surface area contributed by atoms with Gasteiger partial charge in [0.25, 0.3) is 5.91 Å². The first-order valence-electron chi connectivity index (χ1n) is 8.17. The monoisotopic (exact) mass is 351 g/mol. The quantitative estimate of drug-likeness (QED) is 0.505. The van der Waals surface area contributed by atoms with Crippen LogP contribution in [0.5, 0.6) is 0 Å². The summed E-state index contributed by atoms with van der Waals surface area (Å²) in [5.74, 6) is -0.268. The number of carbonyl (C=O) groups excluding carboxylic acids is 1. The lowest BCUT2D eigenvalue weighted by Gasteiger charge is -2.47. The highest BCUT2D eigenvalue weighted by Crippen LogP contribution is 2.28. The van der Waals surface area contributed by atoms with Gasteiger partial charge in [0.15, 0.2) is 0 Å². The zero-order valence-electron chi connectivity index (χ0n) is 15.4. The van der Waals surface area contributed by atoms with E-state index in [9.17, 15) is 4.79 Å². The molecule has 0 saturated carbocycles.